The van der Waals surface area contributed by atoms with E-state index in [-0.39, 0.29) is 0 Å². The van der Waals surface area contributed by atoms with E-state index in [1.54, 1.807) is 0 Å². The zero-order chi connectivity index (χ0) is 38.2. The Balaban J connectivity index is 1.08. The van der Waals surface area contributed by atoms with E-state index in [1.165, 1.54) is 0 Å². The molecule has 12 rings (SSSR count). The molecule has 12 aromatic rings. The van der Waals surface area contributed by atoms with Gasteiger partial charge >= 0.3 is 0 Å². The Kier molecular flexibility index (Phi) is 7.16. The zero-order valence-corrected chi connectivity index (χ0v) is 31.1. The van der Waals surface area contributed by atoms with Gasteiger partial charge in [0.2, 0.25) is 0 Å². The number of hydrogen-bond donors (Lipinski definition) is 0. The molecule has 3 heterocycles. The second-order valence-electron chi connectivity index (χ2n) is 14.7. The molecule has 0 radical (unpaired) electrons. The van der Waals surface area contributed by atoms with Crippen LogP contribution in [0.5, 0.6) is 0 Å². The van der Waals surface area contributed by atoms with Crippen LogP contribution in [-0.2, 0) is 0 Å². The average molecular weight is 742 g/mol. The summed E-state index contributed by atoms with van der Waals surface area (Å²) in [5.41, 5.74) is 10.8. The van der Waals surface area contributed by atoms with Gasteiger partial charge in [-0.15, -0.1) is 0 Å². The molecule has 0 saturated heterocycles. The molecule has 0 aliphatic heterocycles. The molecule has 0 spiro atoms. The molecular weight excluding hydrogens is 711 g/mol. The highest BCUT2D eigenvalue weighted by Crippen LogP contribution is 2.42. The van der Waals surface area contributed by atoms with Gasteiger partial charge in [0.05, 0.1) is 0 Å². The van der Waals surface area contributed by atoms with Gasteiger partial charge < -0.3 is 8.83 Å². The second kappa shape index (κ2) is 12.8. The van der Waals surface area contributed by atoms with Gasteiger partial charge in [-0.2, -0.15) is 0 Å². The number of aromatic nitrogens is 3. The van der Waals surface area contributed by atoms with Crippen molar-refractivity contribution >= 4 is 65.4 Å². The van der Waals surface area contributed by atoms with Crippen LogP contribution >= 0.6 is 0 Å². The molecule has 3 aromatic heterocycles. The Morgan fingerprint density at radius 1 is 0.241 bits per heavy atom. The largest absolute Gasteiger partial charge is 0.456 e. The Morgan fingerprint density at radius 3 is 1.45 bits per heavy atom. The molecule has 5 heteroatoms. The van der Waals surface area contributed by atoms with Gasteiger partial charge in [0, 0.05) is 38.2 Å². The predicted molar refractivity (Wildman–Crippen MR) is 237 cm³/mol. The fraction of sp³-hybridized carbons (Fsp3) is 0. The summed E-state index contributed by atoms with van der Waals surface area (Å²) >= 11 is 0. The minimum Gasteiger partial charge on any atom is -0.456 e. The van der Waals surface area contributed by atoms with Gasteiger partial charge in [-0.3, -0.25) is 0 Å². The Bertz CT molecular complexity index is 3570. The molecule has 0 atom stereocenters. The van der Waals surface area contributed by atoms with Crippen LogP contribution in [0.3, 0.4) is 0 Å². The summed E-state index contributed by atoms with van der Waals surface area (Å²) in [5, 5.41) is 8.67. The molecule has 0 saturated carbocycles. The van der Waals surface area contributed by atoms with Gasteiger partial charge in [-0.1, -0.05) is 152 Å². The number of hydrogen-bond acceptors (Lipinski definition) is 5. The van der Waals surface area contributed by atoms with Crippen LogP contribution in [0.4, 0.5) is 0 Å². The minimum atomic E-state index is 0.604. The fourth-order valence-corrected chi connectivity index (χ4v) is 8.69. The van der Waals surface area contributed by atoms with E-state index in [4.69, 9.17) is 23.8 Å². The molecule has 0 aliphatic rings. The van der Waals surface area contributed by atoms with E-state index in [2.05, 4.69) is 152 Å². The minimum absolute atomic E-state index is 0.604. The second-order valence-corrected chi connectivity index (χ2v) is 14.7. The lowest BCUT2D eigenvalue weighted by atomic mass is 9.92. The van der Waals surface area contributed by atoms with Crippen molar-refractivity contribution in [2.45, 2.75) is 0 Å². The maximum atomic E-state index is 6.30. The lowest BCUT2D eigenvalue weighted by Gasteiger charge is -2.14. The van der Waals surface area contributed by atoms with Crippen molar-refractivity contribution in [2.24, 2.45) is 0 Å². The summed E-state index contributed by atoms with van der Waals surface area (Å²) < 4.78 is 12.6. The number of nitrogens with zero attached hydrogens (tertiary/aromatic N) is 3. The van der Waals surface area contributed by atoms with E-state index < -0.39 is 0 Å². The molecule has 0 fully saturated rings. The summed E-state index contributed by atoms with van der Waals surface area (Å²) in [7, 11) is 0. The van der Waals surface area contributed by atoms with Crippen LogP contribution in [0.2, 0.25) is 0 Å². The van der Waals surface area contributed by atoms with Crippen LogP contribution in [0.15, 0.2) is 197 Å². The fourth-order valence-electron chi connectivity index (χ4n) is 8.69. The van der Waals surface area contributed by atoms with E-state index in [0.29, 0.717) is 17.5 Å². The number of furan rings is 2. The van der Waals surface area contributed by atoms with Crippen LogP contribution in [0.1, 0.15) is 0 Å². The first kappa shape index (κ1) is 32.4. The number of para-hydroxylation sites is 2. The number of rotatable bonds is 5. The van der Waals surface area contributed by atoms with E-state index in [0.717, 1.165) is 104 Å². The monoisotopic (exact) mass is 741 g/mol. The van der Waals surface area contributed by atoms with Gasteiger partial charge in [0.15, 0.2) is 17.5 Å². The molecular formula is C53H31N3O2. The summed E-state index contributed by atoms with van der Waals surface area (Å²) in [6, 6.07) is 65.1. The van der Waals surface area contributed by atoms with Gasteiger partial charge in [-0.05, 0) is 80.2 Å². The first-order valence-corrected chi connectivity index (χ1v) is 19.4. The zero-order valence-electron chi connectivity index (χ0n) is 31.1. The smallest absolute Gasteiger partial charge is 0.164 e. The first-order chi connectivity index (χ1) is 28.7. The molecule has 9 aromatic carbocycles. The molecule has 0 aliphatic carbocycles. The first-order valence-electron chi connectivity index (χ1n) is 19.4. The number of fused-ring (bicyclic) bond motifs is 9. The van der Waals surface area contributed by atoms with Crippen molar-refractivity contribution in [3.8, 4) is 56.4 Å². The normalized spacial score (nSPS) is 11.8. The number of benzene rings is 9. The lowest BCUT2D eigenvalue weighted by Crippen LogP contribution is -2.01. The van der Waals surface area contributed by atoms with Gasteiger partial charge in [0.1, 0.15) is 22.3 Å². The summed E-state index contributed by atoms with van der Waals surface area (Å²) in [6.07, 6.45) is 0. The Labute approximate surface area is 332 Å². The van der Waals surface area contributed by atoms with E-state index >= 15 is 0 Å². The van der Waals surface area contributed by atoms with Crippen molar-refractivity contribution in [3.05, 3.63) is 188 Å². The Hall–Kier alpha value is -7.89. The highest BCUT2D eigenvalue weighted by Gasteiger charge is 2.20. The van der Waals surface area contributed by atoms with Crippen LogP contribution in [-0.4, -0.2) is 15.0 Å². The standard InChI is InChI=1S/C53H31N3O2/c1-2-12-32(13-3-1)33-24-26-34(27-25-33)51-54-52(41-20-10-18-40-38(41)30-31-48-50(40)44-17-7-9-22-46(44)58-48)56-53(55-51)42-29-28-37(35-14-4-5-15-36(35)42)39-19-11-23-47-49(39)43-16-6-8-21-45(43)57-47/h1-31H. The topological polar surface area (TPSA) is 65.0 Å². The maximum absolute atomic E-state index is 6.30. The molecule has 0 bridgehead atoms. The Morgan fingerprint density at radius 2 is 0.707 bits per heavy atom. The summed E-state index contributed by atoms with van der Waals surface area (Å²) in [5.74, 6) is 1.82. The molecule has 0 unspecified atom stereocenters. The highest BCUT2D eigenvalue weighted by molar-refractivity contribution is 6.21. The highest BCUT2D eigenvalue weighted by atomic mass is 16.3. The van der Waals surface area contributed by atoms with Crippen LogP contribution in [0.25, 0.3) is 122 Å². The van der Waals surface area contributed by atoms with Crippen molar-refractivity contribution in [2.75, 3.05) is 0 Å². The van der Waals surface area contributed by atoms with Crippen LogP contribution in [0, 0.1) is 0 Å². The van der Waals surface area contributed by atoms with Gasteiger partial charge in [0.25, 0.3) is 0 Å². The summed E-state index contributed by atoms with van der Waals surface area (Å²) in [4.78, 5) is 15.8. The molecule has 0 N–H and O–H groups in total. The third-order valence-corrected chi connectivity index (χ3v) is 11.4. The van der Waals surface area contributed by atoms with Crippen molar-refractivity contribution < 1.29 is 8.83 Å². The van der Waals surface area contributed by atoms with Crippen molar-refractivity contribution in [1.29, 1.82) is 0 Å². The SMILES string of the molecule is c1ccc(-c2ccc(-c3nc(-c4ccc(-c5cccc6oc7ccccc7c56)c5ccccc45)nc(-c4cccc5c4ccc4oc6ccccc6c45)n3)cc2)cc1. The molecule has 0 amide bonds. The molecule has 58 heavy (non-hydrogen) atoms. The third kappa shape index (κ3) is 5.07. The quantitative estimate of drug-likeness (QED) is 0.176. The third-order valence-electron chi connectivity index (χ3n) is 11.4. The van der Waals surface area contributed by atoms with Crippen molar-refractivity contribution in [3.63, 3.8) is 0 Å². The van der Waals surface area contributed by atoms with E-state index in [9.17, 15) is 0 Å². The van der Waals surface area contributed by atoms with E-state index in [1.807, 2.05) is 36.4 Å². The molecule has 270 valence electrons. The van der Waals surface area contributed by atoms with Gasteiger partial charge in [-0.25, -0.2) is 15.0 Å². The average Bonchev–Trinajstić information content (AvgIpc) is 3.88. The van der Waals surface area contributed by atoms with Crippen LogP contribution < -0.4 is 0 Å². The lowest BCUT2D eigenvalue weighted by molar-refractivity contribution is 0.668. The maximum Gasteiger partial charge on any atom is 0.164 e. The molecule has 5 nitrogen and oxygen atoms in total. The predicted octanol–water partition coefficient (Wildman–Crippen LogP) is 14.3. The van der Waals surface area contributed by atoms with Crippen molar-refractivity contribution in [1.82, 2.24) is 15.0 Å². The summed E-state index contributed by atoms with van der Waals surface area (Å²) in [6.45, 7) is 0.